The van der Waals surface area contributed by atoms with Crippen LogP contribution in [-0.2, 0) is 19.1 Å². The van der Waals surface area contributed by atoms with Crippen molar-refractivity contribution in [3.8, 4) is 6.07 Å². The molecule has 29 heavy (non-hydrogen) atoms. The van der Waals surface area contributed by atoms with Crippen LogP contribution < -0.4 is 0 Å². The van der Waals surface area contributed by atoms with E-state index in [1.165, 1.54) is 6.92 Å². The summed E-state index contributed by atoms with van der Waals surface area (Å²) in [6.45, 7) is 4.14. The molecule has 1 unspecified atom stereocenters. The van der Waals surface area contributed by atoms with Crippen LogP contribution in [0.1, 0.15) is 18.1 Å². The van der Waals surface area contributed by atoms with Crippen molar-refractivity contribution < 1.29 is 24.2 Å². The first-order chi connectivity index (χ1) is 13.9. The van der Waals surface area contributed by atoms with Gasteiger partial charge in [-0.3, -0.25) is 0 Å². The highest BCUT2D eigenvalue weighted by Gasteiger charge is 2.21. The highest BCUT2D eigenvalue weighted by Crippen LogP contribution is 2.27. The van der Waals surface area contributed by atoms with Crippen molar-refractivity contribution in [2.24, 2.45) is 0 Å². The van der Waals surface area contributed by atoms with Crippen LogP contribution in [0.5, 0.6) is 0 Å². The molecule has 6 heteroatoms. The maximum atomic E-state index is 12.6. The van der Waals surface area contributed by atoms with E-state index >= 15 is 0 Å². The van der Waals surface area contributed by atoms with Crippen LogP contribution in [0.15, 0.2) is 78.4 Å². The lowest BCUT2D eigenvalue weighted by Crippen LogP contribution is -2.26. The molecule has 0 bridgehead atoms. The summed E-state index contributed by atoms with van der Waals surface area (Å²) < 4.78 is 9.90. The molecule has 2 rings (SSSR count). The van der Waals surface area contributed by atoms with E-state index in [4.69, 9.17) is 9.47 Å². The Labute approximate surface area is 169 Å². The highest BCUT2D eigenvalue weighted by molar-refractivity contribution is 6.05. The van der Waals surface area contributed by atoms with Crippen molar-refractivity contribution in [3.63, 3.8) is 0 Å². The summed E-state index contributed by atoms with van der Waals surface area (Å²) in [5, 5.41) is 19.5. The maximum absolute atomic E-state index is 12.6. The van der Waals surface area contributed by atoms with Crippen molar-refractivity contribution in [2.75, 3.05) is 13.2 Å². The molecule has 0 aliphatic rings. The number of nitriles is 1. The second-order valence-corrected chi connectivity index (χ2v) is 6.22. The molecule has 2 aromatic rings. The fourth-order valence-electron chi connectivity index (χ4n) is 2.46. The van der Waals surface area contributed by atoms with Crippen LogP contribution in [0.2, 0.25) is 0 Å². The van der Waals surface area contributed by atoms with Gasteiger partial charge in [-0.25, -0.2) is 9.59 Å². The number of ether oxygens (including phenoxy) is 2. The standard InChI is InChI=1S/C23H21NO5/c1-16(2)22(26)28-14-19(25)15-29-23(27)20(13-24)21(17-9-5-3-6-10-17)18-11-7-4-8-12-18/h3-12,19,25H,1,14-15H2,2H3. The molecular weight excluding hydrogens is 370 g/mol. The summed E-state index contributed by atoms with van der Waals surface area (Å²) in [5.41, 5.74) is 1.81. The van der Waals surface area contributed by atoms with Crippen molar-refractivity contribution in [1.29, 1.82) is 5.26 Å². The second-order valence-electron chi connectivity index (χ2n) is 6.22. The van der Waals surface area contributed by atoms with Gasteiger partial charge in [-0.05, 0) is 18.1 Å². The summed E-state index contributed by atoms with van der Waals surface area (Å²) in [6.07, 6.45) is -1.22. The van der Waals surface area contributed by atoms with Crippen molar-refractivity contribution >= 4 is 17.5 Å². The van der Waals surface area contributed by atoms with E-state index < -0.39 is 24.6 Å². The molecule has 1 N–H and O–H groups in total. The third-order valence-corrected chi connectivity index (χ3v) is 3.85. The molecule has 0 aliphatic heterocycles. The maximum Gasteiger partial charge on any atom is 0.349 e. The van der Waals surface area contributed by atoms with Gasteiger partial charge in [-0.2, -0.15) is 5.26 Å². The van der Waals surface area contributed by atoms with Crippen LogP contribution in [0.4, 0.5) is 0 Å². The Balaban J connectivity index is 2.22. The average Bonchev–Trinajstić information content (AvgIpc) is 2.75. The second kappa shape index (κ2) is 10.6. The smallest absolute Gasteiger partial charge is 0.349 e. The molecule has 148 valence electrons. The topological polar surface area (TPSA) is 96.6 Å². The van der Waals surface area contributed by atoms with E-state index in [0.717, 1.165) is 0 Å². The fourth-order valence-corrected chi connectivity index (χ4v) is 2.46. The zero-order valence-electron chi connectivity index (χ0n) is 16.0. The van der Waals surface area contributed by atoms with Gasteiger partial charge in [0.1, 0.15) is 31.0 Å². The summed E-state index contributed by atoms with van der Waals surface area (Å²) in [4.78, 5) is 23.9. The van der Waals surface area contributed by atoms with E-state index in [0.29, 0.717) is 16.7 Å². The normalized spacial score (nSPS) is 10.9. The molecule has 0 fully saturated rings. The van der Waals surface area contributed by atoms with Gasteiger partial charge in [0, 0.05) is 11.1 Å². The zero-order valence-corrected chi connectivity index (χ0v) is 16.0. The predicted octanol–water partition coefficient (Wildman–Crippen LogP) is 3.04. The molecule has 0 radical (unpaired) electrons. The minimum absolute atomic E-state index is 0.187. The summed E-state index contributed by atoms with van der Waals surface area (Å²) in [7, 11) is 0. The van der Waals surface area contributed by atoms with Gasteiger partial charge in [0.15, 0.2) is 0 Å². The number of esters is 2. The van der Waals surface area contributed by atoms with Gasteiger partial charge in [0.05, 0.1) is 0 Å². The molecule has 2 aromatic carbocycles. The first-order valence-electron chi connectivity index (χ1n) is 8.87. The highest BCUT2D eigenvalue weighted by atomic mass is 16.6. The lowest BCUT2D eigenvalue weighted by atomic mass is 9.93. The molecular formula is C23H21NO5. The van der Waals surface area contributed by atoms with Gasteiger partial charge in [0.25, 0.3) is 0 Å². The zero-order chi connectivity index (χ0) is 21.2. The Kier molecular flexibility index (Phi) is 7.89. The Morgan fingerprint density at radius 1 is 0.966 bits per heavy atom. The van der Waals surface area contributed by atoms with E-state index in [-0.39, 0.29) is 17.8 Å². The van der Waals surface area contributed by atoms with Crippen LogP contribution in [0.3, 0.4) is 0 Å². The number of rotatable bonds is 8. The molecule has 0 heterocycles. The number of hydrogen-bond acceptors (Lipinski definition) is 6. The third kappa shape index (κ3) is 6.16. The largest absolute Gasteiger partial charge is 0.459 e. The Morgan fingerprint density at radius 2 is 1.41 bits per heavy atom. The van der Waals surface area contributed by atoms with Gasteiger partial charge in [0.2, 0.25) is 0 Å². The lowest BCUT2D eigenvalue weighted by molar-refractivity contribution is -0.147. The SMILES string of the molecule is C=C(C)C(=O)OCC(O)COC(=O)C(C#N)=C(c1ccccc1)c1ccccc1. The van der Waals surface area contributed by atoms with Crippen molar-refractivity contribution in [1.82, 2.24) is 0 Å². The predicted molar refractivity (Wildman–Crippen MR) is 107 cm³/mol. The van der Waals surface area contributed by atoms with E-state index in [1.807, 2.05) is 18.2 Å². The fraction of sp³-hybridized carbons (Fsp3) is 0.174. The molecule has 0 saturated carbocycles. The number of benzene rings is 2. The number of aliphatic hydroxyl groups is 1. The molecule has 0 aliphatic carbocycles. The van der Waals surface area contributed by atoms with Crippen molar-refractivity contribution in [2.45, 2.75) is 13.0 Å². The molecule has 0 spiro atoms. The Morgan fingerprint density at radius 3 is 1.83 bits per heavy atom. The van der Waals surface area contributed by atoms with Gasteiger partial charge >= 0.3 is 11.9 Å². The molecule has 0 amide bonds. The average molecular weight is 391 g/mol. The lowest BCUT2D eigenvalue weighted by Gasteiger charge is -2.14. The molecule has 0 saturated heterocycles. The van der Waals surface area contributed by atoms with Gasteiger partial charge in [-0.15, -0.1) is 0 Å². The minimum atomic E-state index is -1.22. The molecule has 1 atom stereocenters. The summed E-state index contributed by atoms with van der Waals surface area (Å²) in [5.74, 6) is -1.52. The third-order valence-electron chi connectivity index (χ3n) is 3.85. The molecule has 0 aromatic heterocycles. The van der Waals surface area contributed by atoms with Gasteiger partial charge in [-0.1, -0.05) is 67.2 Å². The number of nitrogens with zero attached hydrogens (tertiary/aromatic N) is 1. The van der Waals surface area contributed by atoms with E-state index in [2.05, 4.69) is 6.58 Å². The number of hydrogen-bond donors (Lipinski definition) is 1. The van der Waals surface area contributed by atoms with Crippen LogP contribution in [-0.4, -0.2) is 36.4 Å². The van der Waals surface area contributed by atoms with Crippen LogP contribution >= 0.6 is 0 Å². The van der Waals surface area contributed by atoms with Gasteiger partial charge < -0.3 is 14.6 Å². The van der Waals surface area contributed by atoms with Crippen LogP contribution in [0.25, 0.3) is 5.57 Å². The van der Waals surface area contributed by atoms with E-state index in [1.54, 1.807) is 48.5 Å². The first kappa shape index (κ1) is 21.6. The monoisotopic (exact) mass is 391 g/mol. The summed E-state index contributed by atoms with van der Waals surface area (Å²) in [6, 6.07) is 20.0. The Hall–Kier alpha value is -3.69. The minimum Gasteiger partial charge on any atom is -0.459 e. The first-order valence-corrected chi connectivity index (χ1v) is 8.87. The number of carbonyl (C=O) groups is 2. The number of carbonyl (C=O) groups excluding carboxylic acids is 2. The Bertz CT molecular complexity index is 901. The number of aliphatic hydroxyl groups excluding tert-OH is 1. The summed E-state index contributed by atoms with van der Waals surface area (Å²) >= 11 is 0. The van der Waals surface area contributed by atoms with Crippen LogP contribution in [0, 0.1) is 11.3 Å². The quantitative estimate of drug-likeness (QED) is 0.422. The van der Waals surface area contributed by atoms with E-state index in [9.17, 15) is 20.0 Å². The van der Waals surface area contributed by atoms with Crippen molar-refractivity contribution in [3.05, 3.63) is 89.5 Å². The molecule has 6 nitrogen and oxygen atoms in total.